The van der Waals surface area contributed by atoms with Gasteiger partial charge in [0.25, 0.3) is 5.56 Å². The number of hydrogen-bond donors (Lipinski definition) is 1. The SMILES string of the molecule is CCCNC(=O)[C@H](C)Sc1nc2sc3c(c2c(=O)n1CCOC)CCC3. The lowest BCUT2D eigenvalue weighted by Crippen LogP contribution is -2.32. The van der Waals surface area contributed by atoms with Gasteiger partial charge in [-0.2, -0.15) is 0 Å². The molecule has 1 aliphatic carbocycles. The second-order valence-electron chi connectivity index (χ2n) is 6.43. The molecule has 0 spiro atoms. The van der Waals surface area contributed by atoms with Gasteiger partial charge in [-0.1, -0.05) is 18.7 Å². The number of ether oxygens (including phenoxy) is 1. The Hall–Kier alpha value is -1.38. The number of hydrogen-bond acceptors (Lipinski definition) is 6. The van der Waals surface area contributed by atoms with Gasteiger partial charge in [0.2, 0.25) is 5.91 Å². The van der Waals surface area contributed by atoms with E-state index in [2.05, 4.69) is 5.32 Å². The van der Waals surface area contributed by atoms with Crippen LogP contribution in [-0.4, -0.2) is 41.0 Å². The number of methoxy groups -OCH3 is 1. The third-order valence-electron chi connectivity index (χ3n) is 4.51. The van der Waals surface area contributed by atoms with Gasteiger partial charge in [-0.05, 0) is 38.2 Å². The Morgan fingerprint density at radius 1 is 1.46 bits per heavy atom. The Labute approximate surface area is 161 Å². The van der Waals surface area contributed by atoms with Crippen molar-refractivity contribution in [1.82, 2.24) is 14.9 Å². The molecule has 142 valence electrons. The highest BCUT2D eigenvalue weighted by molar-refractivity contribution is 8.00. The second-order valence-corrected chi connectivity index (χ2v) is 8.82. The number of rotatable bonds is 8. The zero-order valence-electron chi connectivity index (χ0n) is 15.5. The summed E-state index contributed by atoms with van der Waals surface area (Å²) in [6.45, 7) is 5.40. The van der Waals surface area contributed by atoms with Gasteiger partial charge in [-0.3, -0.25) is 14.2 Å². The molecule has 0 bridgehead atoms. The Kier molecular flexibility index (Phi) is 6.37. The molecule has 2 heterocycles. The van der Waals surface area contributed by atoms with E-state index in [0.717, 1.165) is 35.9 Å². The fourth-order valence-electron chi connectivity index (χ4n) is 3.13. The number of thioether (sulfide) groups is 1. The van der Waals surface area contributed by atoms with Gasteiger partial charge in [-0.25, -0.2) is 4.98 Å². The number of nitrogens with one attached hydrogen (secondary N) is 1. The topological polar surface area (TPSA) is 73.2 Å². The summed E-state index contributed by atoms with van der Waals surface area (Å²) in [6.07, 6.45) is 4.00. The number of fused-ring (bicyclic) bond motifs is 3. The molecule has 1 aliphatic rings. The Balaban J connectivity index is 1.97. The summed E-state index contributed by atoms with van der Waals surface area (Å²) >= 11 is 2.97. The van der Waals surface area contributed by atoms with Crippen molar-refractivity contribution in [1.29, 1.82) is 0 Å². The highest BCUT2D eigenvalue weighted by Gasteiger charge is 2.25. The van der Waals surface area contributed by atoms with Crippen LogP contribution in [0.4, 0.5) is 0 Å². The molecule has 2 aromatic rings. The first-order valence-corrected chi connectivity index (χ1v) is 10.7. The van der Waals surface area contributed by atoms with E-state index in [1.165, 1.54) is 22.2 Å². The summed E-state index contributed by atoms with van der Waals surface area (Å²) in [5, 5.41) is 3.95. The first-order valence-electron chi connectivity index (χ1n) is 9.05. The third kappa shape index (κ3) is 3.82. The van der Waals surface area contributed by atoms with Gasteiger partial charge < -0.3 is 10.1 Å². The van der Waals surface area contributed by atoms with Crippen LogP contribution in [0.1, 0.15) is 37.1 Å². The lowest BCUT2D eigenvalue weighted by Gasteiger charge is -2.15. The van der Waals surface area contributed by atoms with E-state index < -0.39 is 0 Å². The number of aromatic nitrogens is 2. The maximum atomic E-state index is 13.2. The molecule has 2 aromatic heterocycles. The molecule has 0 unspecified atom stereocenters. The fourth-order valence-corrected chi connectivity index (χ4v) is 5.39. The molecule has 1 N–H and O–H groups in total. The van der Waals surface area contributed by atoms with Crippen LogP contribution in [-0.2, 0) is 28.9 Å². The van der Waals surface area contributed by atoms with Crippen molar-refractivity contribution in [2.75, 3.05) is 20.3 Å². The molecular weight excluding hydrogens is 370 g/mol. The predicted molar refractivity (Wildman–Crippen MR) is 106 cm³/mol. The van der Waals surface area contributed by atoms with Crippen LogP contribution in [0.3, 0.4) is 0 Å². The molecule has 0 fully saturated rings. The van der Waals surface area contributed by atoms with Crippen molar-refractivity contribution >= 4 is 39.2 Å². The summed E-state index contributed by atoms with van der Waals surface area (Å²) in [4.78, 5) is 32.2. The molecule has 0 radical (unpaired) electrons. The van der Waals surface area contributed by atoms with Crippen molar-refractivity contribution in [3.63, 3.8) is 0 Å². The van der Waals surface area contributed by atoms with Crippen LogP contribution in [0.25, 0.3) is 10.2 Å². The minimum Gasteiger partial charge on any atom is -0.383 e. The lowest BCUT2D eigenvalue weighted by molar-refractivity contribution is -0.120. The number of thiophene rings is 1. The second kappa shape index (κ2) is 8.54. The van der Waals surface area contributed by atoms with E-state index in [4.69, 9.17) is 9.72 Å². The molecule has 8 heteroatoms. The average Bonchev–Trinajstić information content (AvgIpc) is 3.19. The van der Waals surface area contributed by atoms with Crippen LogP contribution in [0.15, 0.2) is 9.95 Å². The largest absolute Gasteiger partial charge is 0.383 e. The van der Waals surface area contributed by atoms with Crippen LogP contribution in [0.5, 0.6) is 0 Å². The van der Waals surface area contributed by atoms with Gasteiger partial charge in [0.1, 0.15) is 4.83 Å². The lowest BCUT2D eigenvalue weighted by atomic mass is 10.2. The van der Waals surface area contributed by atoms with Crippen LogP contribution in [0.2, 0.25) is 0 Å². The average molecular weight is 396 g/mol. The van der Waals surface area contributed by atoms with Gasteiger partial charge in [0.05, 0.1) is 23.8 Å². The predicted octanol–water partition coefficient (Wildman–Crippen LogP) is 2.60. The van der Waals surface area contributed by atoms with Crippen molar-refractivity contribution in [3.05, 3.63) is 20.8 Å². The summed E-state index contributed by atoms with van der Waals surface area (Å²) in [5.74, 6) is -0.0295. The zero-order valence-corrected chi connectivity index (χ0v) is 17.1. The molecule has 0 saturated carbocycles. The minimum absolute atomic E-state index is 0.00452. The van der Waals surface area contributed by atoms with Gasteiger partial charge in [-0.15, -0.1) is 11.3 Å². The van der Waals surface area contributed by atoms with E-state index >= 15 is 0 Å². The maximum absolute atomic E-state index is 13.2. The normalized spacial score (nSPS) is 14.6. The fraction of sp³-hybridized carbons (Fsp3) is 0.611. The van der Waals surface area contributed by atoms with Crippen molar-refractivity contribution in [2.45, 2.75) is 56.5 Å². The highest BCUT2D eigenvalue weighted by Crippen LogP contribution is 2.36. The maximum Gasteiger partial charge on any atom is 0.263 e. The molecule has 0 aromatic carbocycles. The van der Waals surface area contributed by atoms with E-state index in [1.807, 2.05) is 13.8 Å². The van der Waals surface area contributed by atoms with E-state index in [-0.39, 0.29) is 16.7 Å². The number of carbonyl (C=O) groups excluding carboxylic acids is 1. The van der Waals surface area contributed by atoms with Crippen LogP contribution in [0, 0.1) is 0 Å². The van der Waals surface area contributed by atoms with Crippen molar-refractivity contribution in [2.24, 2.45) is 0 Å². The van der Waals surface area contributed by atoms with Crippen molar-refractivity contribution < 1.29 is 9.53 Å². The van der Waals surface area contributed by atoms with Gasteiger partial charge in [0.15, 0.2) is 5.16 Å². The molecule has 0 saturated heterocycles. The Morgan fingerprint density at radius 2 is 2.27 bits per heavy atom. The highest BCUT2D eigenvalue weighted by atomic mass is 32.2. The van der Waals surface area contributed by atoms with Gasteiger partial charge >= 0.3 is 0 Å². The molecule has 3 rings (SSSR count). The molecule has 1 atom stereocenters. The Bertz CT molecular complexity index is 859. The molecule has 1 amide bonds. The minimum atomic E-state index is -0.313. The molecule has 6 nitrogen and oxygen atoms in total. The number of aryl methyl sites for hydroxylation is 2. The molecule has 0 aliphatic heterocycles. The third-order valence-corrected chi connectivity index (χ3v) is 6.79. The number of nitrogens with zero attached hydrogens (tertiary/aromatic N) is 2. The monoisotopic (exact) mass is 395 g/mol. The summed E-state index contributed by atoms with van der Waals surface area (Å²) in [7, 11) is 1.62. The van der Waals surface area contributed by atoms with E-state index in [9.17, 15) is 9.59 Å². The number of amides is 1. The van der Waals surface area contributed by atoms with Gasteiger partial charge in [0, 0.05) is 18.5 Å². The van der Waals surface area contributed by atoms with E-state index in [1.54, 1.807) is 23.0 Å². The van der Waals surface area contributed by atoms with Crippen LogP contribution >= 0.6 is 23.1 Å². The molecular formula is C18H25N3O3S2. The first-order chi connectivity index (χ1) is 12.6. The van der Waals surface area contributed by atoms with E-state index in [0.29, 0.717) is 24.9 Å². The zero-order chi connectivity index (χ0) is 18.7. The van der Waals surface area contributed by atoms with Crippen molar-refractivity contribution in [3.8, 4) is 0 Å². The summed E-state index contributed by atoms with van der Waals surface area (Å²) in [6, 6.07) is 0. The number of carbonyl (C=O) groups is 1. The van der Waals surface area contributed by atoms with Crippen LogP contribution < -0.4 is 10.9 Å². The summed E-state index contributed by atoms with van der Waals surface area (Å²) in [5.41, 5.74) is 1.18. The Morgan fingerprint density at radius 3 is 3.00 bits per heavy atom. The quantitative estimate of drug-likeness (QED) is 0.549. The molecule has 26 heavy (non-hydrogen) atoms. The smallest absolute Gasteiger partial charge is 0.263 e. The summed E-state index contributed by atoms with van der Waals surface area (Å²) < 4.78 is 6.85. The standard InChI is InChI=1S/C18H25N3O3S2/c1-4-8-19-15(22)11(2)25-18-20-16-14(12-6-5-7-13(12)26-16)17(23)21(18)9-10-24-3/h11H,4-10H2,1-3H3,(H,19,22)/t11-/m0/s1. The first kappa shape index (κ1) is 19.4.